The largest absolute Gasteiger partial charge is 0.322 e. The van der Waals surface area contributed by atoms with Crippen molar-refractivity contribution in [3.8, 4) is 0 Å². The van der Waals surface area contributed by atoms with E-state index < -0.39 is 0 Å². The van der Waals surface area contributed by atoms with E-state index >= 15 is 0 Å². The molecule has 7 heteroatoms. The summed E-state index contributed by atoms with van der Waals surface area (Å²) in [6.45, 7) is 3.99. The van der Waals surface area contributed by atoms with Gasteiger partial charge >= 0.3 is 0 Å². The molecule has 0 bridgehead atoms. The van der Waals surface area contributed by atoms with E-state index in [0.29, 0.717) is 27.0 Å². The Morgan fingerprint density at radius 2 is 1.82 bits per heavy atom. The first-order valence-corrected chi connectivity index (χ1v) is 12.4. The van der Waals surface area contributed by atoms with Crippen LogP contribution in [0.15, 0.2) is 53.5 Å². The normalized spacial score (nSPS) is 16.3. The number of para-hydroxylation sites is 1. The Morgan fingerprint density at radius 1 is 1.09 bits per heavy atom. The summed E-state index contributed by atoms with van der Waals surface area (Å²) in [5, 5.41) is 4.21. The van der Waals surface area contributed by atoms with Crippen molar-refractivity contribution in [1.29, 1.82) is 0 Å². The Labute approximate surface area is 202 Å². The van der Waals surface area contributed by atoms with Crippen LogP contribution in [0.3, 0.4) is 0 Å². The first-order valence-electron chi connectivity index (χ1n) is 11.2. The van der Waals surface area contributed by atoms with Crippen molar-refractivity contribution in [2.45, 2.75) is 45.6 Å². The molecule has 2 amide bonds. The van der Waals surface area contributed by atoms with Crippen molar-refractivity contribution in [3.05, 3.63) is 75.1 Å². The van der Waals surface area contributed by atoms with Gasteiger partial charge in [0.25, 0.3) is 11.8 Å². The van der Waals surface area contributed by atoms with Gasteiger partial charge in [0, 0.05) is 27.2 Å². The fourth-order valence-electron chi connectivity index (χ4n) is 4.54. The van der Waals surface area contributed by atoms with E-state index in [4.69, 9.17) is 16.6 Å². The third-order valence-electron chi connectivity index (χ3n) is 6.05. The molecule has 0 saturated heterocycles. The number of aryl methyl sites for hydroxylation is 1. The van der Waals surface area contributed by atoms with Gasteiger partial charge < -0.3 is 10.2 Å². The first kappa shape index (κ1) is 21.9. The standard InChI is InChI=1S/C26H24ClN3O2S/c1-15(2)30-20-9-5-3-7-18(20)23(26(30)32)29-25-22(19-8-4-6-10-21(19)33-25)24(31)28-17-13-11-16(27)12-14-17/h3,5,7,9,11-15H,4,6,8,10H2,1-2H3,(H,28,31). The van der Waals surface area contributed by atoms with Crippen molar-refractivity contribution in [1.82, 2.24) is 0 Å². The van der Waals surface area contributed by atoms with Gasteiger partial charge in [-0.05, 0) is 75.4 Å². The van der Waals surface area contributed by atoms with E-state index in [1.807, 2.05) is 38.1 Å². The summed E-state index contributed by atoms with van der Waals surface area (Å²) in [5.41, 5.74) is 4.41. The van der Waals surface area contributed by atoms with Crippen LogP contribution < -0.4 is 10.2 Å². The maximum atomic E-state index is 13.4. The smallest absolute Gasteiger partial charge is 0.277 e. The Bertz CT molecular complexity index is 1280. The Kier molecular flexibility index (Phi) is 5.81. The molecule has 2 aliphatic rings. The molecular formula is C26H24ClN3O2S. The number of carbonyl (C=O) groups is 2. The van der Waals surface area contributed by atoms with Gasteiger partial charge in [0.05, 0.1) is 11.3 Å². The summed E-state index contributed by atoms with van der Waals surface area (Å²) in [7, 11) is 0. The third-order valence-corrected chi connectivity index (χ3v) is 7.49. The fraction of sp³-hybridized carbons (Fsp3) is 0.269. The summed E-state index contributed by atoms with van der Waals surface area (Å²) in [4.78, 5) is 34.6. The van der Waals surface area contributed by atoms with Gasteiger partial charge in [-0.3, -0.25) is 9.59 Å². The molecule has 2 heterocycles. The average Bonchev–Trinajstić information content (AvgIpc) is 3.30. The number of halogens is 1. The third kappa shape index (κ3) is 3.98. The second-order valence-electron chi connectivity index (χ2n) is 8.60. The molecule has 1 aromatic heterocycles. The molecule has 2 aromatic carbocycles. The van der Waals surface area contributed by atoms with Gasteiger partial charge in [0.1, 0.15) is 10.7 Å². The number of amides is 2. The summed E-state index contributed by atoms with van der Waals surface area (Å²) < 4.78 is 0. The van der Waals surface area contributed by atoms with Crippen molar-refractivity contribution < 1.29 is 9.59 Å². The zero-order chi connectivity index (χ0) is 23.1. The molecule has 0 fully saturated rings. The molecule has 1 aliphatic heterocycles. The van der Waals surface area contributed by atoms with E-state index in [9.17, 15) is 9.59 Å². The molecule has 168 valence electrons. The van der Waals surface area contributed by atoms with Crippen LogP contribution in [0.4, 0.5) is 16.4 Å². The minimum atomic E-state index is -0.199. The van der Waals surface area contributed by atoms with Gasteiger partial charge in [0.15, 0.2) is 0 Å². The number of carbonyl (C=O) groups excluding carboxylic acids is 2. The molecule has 5 rings (SSSR count). The SMILES string of the molecule is CC(C)N1C(=O)C(=Nc2sc3c(c2C(=O)Nc2ccc(Cl)cc2)CCCC3)c2ccccc21. The van der Waals surface area contributed by atoms with Gasteiger partial charge in [-0.2, -0.15) is 0 Å². The fourth-order valence-corrected chi connectivity index (χ4v) is 5.92. The van der Waals surface area contributed by atoms with Crippen LogP contribution in [-0.4, -0.2) is 23.6 Å². The highest BCUT2D eigenvalue weighted by molar-refractivity contribution is 7.16. The zero-order valence-electron chi connectivity index (χ0n) is 18.5. The van der Waals surface area contributed by atoms with E-state index in [0.717, 1.165) is 42.5 Å². The minimum absolute atomic E-state index is 0.00978. The quantitative estimate of drug-likeness (QED) is 0.472. The second kappa shape index (κ2) is 8.76. The maximum Gasteiger partial charge on any atom is 0.277 e. The second-order valence-corrected chi connectivity index (χ2v) is 10.1. The van der Waals surface area contributed by atoms with E-state index in [1.165, 1.54) is 16.2 Å². The van der Waals surface area contributed by atoms with Crippen LogP contribution in [0.1, 0.15) is 53.1 Å². The van der Waals surface area contributed by atoms with Crippen LogP contribution in [-0.2, 0) is 17.6 Å². The molecule has 0 spiro atoms. The Hall–Kier alpha value is -2.96. The summed E-state index contributed by atoms with van der Waals surface area (Å²) in [5.74, 6) is -0.322. The molecule has 0 radical (unpaired) electrons. The highest BCUT2D eigenvalue weighted by Crippen LogP contribution is 2.42. The summed E-state index contributed by atoms with van der Waals surface area (Å²) >= 11 is 7.52. The first-order chi connectivity index (χ1) is 15.9. The number of thiophene rings is 1. The monoisotopic (exact) mass is 477 g/mol. The van der Waals surface area contributed by atoms with Gasteiger partial charge in [0.2, 0.25) is 0 Å². The van der Waals surface area contributed by atoms with Crippen LogP contribution in [0.25, 0.3) is 0 Å². The molecule has 0 saturated carbocycles. The Morgan fingerprint density at radius 3 is 2.58 bits per heavy atom. The van der Waals surface area contributed by atoms with Crippen LogP contribution in [0.5, 0.6) is 0 Å². The number of hydrogen-bond donors (Lipinski definition) is 1. The number of benzene rings is 2. The van der Waals surface area contributed by atoms with E-state index in [2.05, 4.69) is 5.32 Å². The predicted octanol–water partition coefficient (Wildman–Crippen LogP) is 6.41. The van der Waals surface area contributed by atoms with E-state index in [1.54, 1.807) is 29.2 Å². The maximum absolute atomic E-state index is 13.4. The number of hydrogen-bond acceptors (Lipinski definition) is 4. The highest BCUT2D eigenvalue weighted by Gasteiger charge is 2.36. The molecule has 1 N–H and O–H groups in total. The molecule has 1 aliphatic carbocycles. The number of anilines is 2. The topological polar surface area (TPSA) is 61.8 Å². The molecule has 5 nitrogen and oxygen atoms in total. The minimum Gasteiger partial charge on any atom is -0.322 e. The van der Waals surface area contributed by atoms with Gasteiger partial charge in [-0.15, -0.1) is 11.3 Å². The Balaban J connectivity index is 1.60. The lowest BCUT2D eigenvalue weighted by Crippen LogP contribution is -2.35. The molecule has 0 atom stereocenters. The van der Waals surface area contributed by atoms with Gasteiger partial charge in [-0.1, -0.05) is 29.8 Å². The summed E-state index contributed by atoms with van der Waals surface area (Å²) in [6.07, 6.45) is 3.94. The predicted molar refractivity (Wildman–Crippen MR) is 136 cm³/mol. The number of rotatable bonds is 4. The highest BCUT2D eigenvalue weighted by atomic mass is 35.5. The number of nitrogens with zero attached hydrogens (tertiary/aromatic N) is 2. The molecular weight excluding hydrogens is 454 g/mol. The lowest BCUT2D eigenvalue weighted by atomic mass is 9.95. The van der Waals surface area contributed by atoms with Crippen LogP contribution >= 0.6 is 22.9 Å². The van der Waals surface area contributed by atoms with Crippen molar-refractivity contribution in [2.75, 3.05) is 10.2 Å². The van der Waals surface area contributed by atoms with Crippen LogP contribution in [0.2, 0.25) is 5.02 Å². The number of aliphatic imine (C=N–C) groups is 1. The number of nitrogens with one attached hydrogen (secondary N) is 1. The summed E-state index contributed by atoms with van der Waals surface area (Å²) in [6, 6.07) is 14.8. The van der Waals surface area contributed by atoms with Crippen molar-refractivity contribution >= 4 is 56.8 Å². The van der Waals surface area contributed by atoms with Crippen molar-refractivity contribution in [2.24, 2.45) is 4.99 Å². The van der Waals surface area contributed by atoms with Gasteiger partial charge in [-0.25, -0.2) is 4.99 Å². The lowest BCUT2D eigenvalue weighted by Gasteiger charge is -2.20. The van der Waals surface area contributed by atoms with E-state index in [-0.39, 0.29) is 17.9 Å². The molecule has 0 unspecified atom stereocenters. The molecule has 3 aromatic rings. The lowest BCUT2D eigenvalue weighted by molar-refractivity contribution is -0.112. The number of fused-ring (bicyclic) bond motifs is 2. The zero-order valence-corrected chi connectivity index (χ0v) is 20.1. The van der Waals surface area contributed by atoms with Crippen LogP contribution in [0, 0.1) is 0 Å². The van der Waals surface area contributed by atoms with Crippen molar-refractivity contribution in [3.63, 3.8) is 0 Å². The average molecular weight is 478 g/mol. The molecule has 33 heavy (non-hydrogen) atoms.